The van der Waals surface area contributed by atoms with E-state index in [-0.39, 0.29) is 20.1 Å². The Morgan fingerprint density at radius 2 is 1.31 bits per heavy atom. The zero-order chi connectivity index (χ0) is 33.5. The fourth-order valence-electron chi connectivity index (χ4n) is 6.24. The Balaban J connectivity index is 0.000000265. The zero-order valence-electron chi connectivity index (χ0n) is 27.7. The molecule has 0 saturated carbocycles. The van der Waals surface area contributed by atoms with E-state index < -0.39 is 0 Å². The molecule has 0 unspecified atom stereocenters. The predicted octanol–water partition coefficient (Wildman–Crippen LogP) is 11.2. The maximum atomic E-state index is 5.91. The molecule has 3 heterocycles. The third-order valence-corrected chi connectivity index (χ3v) is 8.79. The Hall–Kier alpha value is -5.87. The Bertz CT molecular complexity index is 2420. The number of pyridine rings is 1. The molecule has 9 rings (SSSR count). The molecule has 5 heteroatoms. The predicted molar refractivity (Wildman–Crippen MR) is 203 cm³/mol. The first kappa shape index (κ1) is 33.6. The van der Waals surface area contributed by atoms with E-state index in [9.17, 15) is 0 Å². The topological polar surface area (TPSA) is 43.9 Å². The summed E-state index contributed by atoms with van der Waals surface area (Å²) < 4.78 is 8.12. The van der Waals surface area contributed by atoms with Gasteiger partial charge in [0.25, 0.3) is 0 Å². The number of rotatable bonds is 7. The second-order valence-corrected chi connectivity index (χ2v) is 12.1. The van der Waals surface area contributed by atoms with Crippen LogP contribution in [0.25, 0.3) is 61.5 Å². The number of imidazole rings is 1. The van der Waals surface area contributed by atoms with Gasteiger partial charge in [0.2, 0.25) is 0 Å². The van der Waals surface area contributed by atoms with Crippen molar-refractivity contribution in [3.63, 3.8) is 0 Å². The van der Waals surface area contributed by atoms with Crippen LogP contribution in [-0.4, -0.2) is 14.5 Å². The van der Waals surface area contributed by atoms with E-state index >= 15 is 0 Å². The summed E-state index contributed by atoms with van der Waals surface area (Å²) in [6, 6.07) is 61.2. The molecule has 1 radical (unpaired) electrons. The first-order valence-corrected chi connectivity index (χ1v) is 16.8. The standard InChI is InChI=1S/C35H25N2O.C11H8N.Ir/c1-3-9-25(10-4-1)15-16-26-17-22-34-30(23-26)31(24-38-34)35-36-32-13-7-8-14-33(32)37(35)29-20-18-28(19-21-29)27-11-5-2-6-12-27;1-2-6-10(7-3-1)11-8-4-5-9-12-11;/h1-14,17-23H,15-16H2;1-6,8-9H;/q2*-1;. The average molecular weight is 836 g/mol. The van der Waals surface area contributed by atoms with Crippen LogP contribution >= 0.6 is 0 Å². The van der Waals surface area contributed by atoms with E-state index in [2.05, 4.69) is 137 Å². The molecule has 0 spiro atoms. The van der Waals surface area contributed by atoms with Gasteiger partial charge in [-0.25, -0.2) is 0 Å². The van der Waals surface area contributed by atoms with Gasteiger partial charge >= 0.3 is 0 Å². The molecular weight excluding hydrogens is 803 g/mol. The van der Waals surface area contributed by atoms with E-state index in [0.717, 1.165) is 63.2 Å². The SMILES string of the molecule is [Ir].[c-]1ccccc1-c1ccccn1.[c-]1oc2ccc(CCc3ccccc3)cc2c1-c1nc2ccccc2n1-c1ccc(-c2ccccc2)cc1. The Labute approximate surface area is 311 Å². The van der Waals surface area contributed by atoms with Gasteiger partial charge in [-0.15, -0.1) is 35.9 Å². The van der Waals surface area contributed by atoms with Crippen molar-refractivity contribution in [2.45, 2.75) is 12.8 Å². The number of hydrogen-bond acceptors (Lipinski definition) is 3. The van der Waals surface area contributed by atoms with Gasteiger partial charge in [0, 0.05) is 43.8 Å². The van der Waals surface area contributed by atoms with Gasteiger partial charge in [-0.3, -0.25) is 4.98 Å². The van der Waals surface area contributed by atoms with Crippen LogP contribution in [0.3, 0.4) is 0 Å². The molecule has 0 aliphatic carbocycles. The third-order valence-electron chi connectivity index (χ3n) is 8.79. The summed E-state index contributed by atoms with van der Waals surface area (Å²) in [6.45, 7) is 0. The molecule has 0 fully saturated rings. The van der Waals surface area contributed by atoms with Gasteiger partial charge in [-0.2, -0.15) is 0 Å². The van der Waals surface area contributed by atoms with Crippen LogP contribution in [0.1, 0.15) is 11.1 Å². The zero-order valence-corrected chi connectivity index (χ0v) is 30.1. The summed E-state index contributed by atoms with van der Waals surface area (Å²) in [7, 11) is 0. The molecule has 9 aromatic rings. The summed E-state index contributed by atoms with van der Waals surface area (Å²) in [5.74, 6) is 0.831. The van der Waals surface area contributed by atoms with Crippen molar-refractivity contribution in [3.8, 4) is 39.5 Å². The largest absolute Gasteiger partial charge is 0.557 e. The van der Waals surface area contributed by atoms with E-state index in [4.69, 9.17) is 9.40 Å². The minimum absolute atomic E-state index is 0. The molecule has 249 valence electrons. The van der Waals surface area contributed by atoms with Crippen LogP contribution in [-0.2, 0) is 32.9 Å². The minimum Gasteiger partial charge on any atom is -0.557 e. The minimum atomic E-state index is 0. The van der Waals surface area contributed by atoms with Crippen molar-refractivity contribution in [3.05, 3.63) is 200 Å². The normalized spacial score (nSPS) is 10.7. The number of hydrogen-bond donors (Lipinski definition) is 0. The first-order chi connectivity index (χ1) is 24.8. The number of fused-ring (bicyclic) bond motifs is 2. The Morgan fingerprint density at radius 3 is 2.08 bits per heavy atom. The number of aryl methyl sites for hydroxylation is 2. The summed E-state index contributed by atoms with van der Waals surface area (Å²) in [5, 5.41) is 1.04. The van der Waals surface area contributed by atoms with E-state index in [0.29, 0.717) is 0 Å². The van der Waals surface area contributed by atoms with Crippen LogP contribution in [0.15, 0.2) is 180 Å². The molecule has 3 aromatic heterocycles. The van der Waals surface area contributed by atoms with Gasteiger partial charge in [-0.05, 0) is 65.6 Å². The van der Waals surface area contributed by atoms with E-state index in [1.807, 2.05) is 54.6 Å². The van der Waals surface area contributed by atoms with Crippen molar-refractivity contribution in [2.75, 3.05) is 0 Å². The van der Waals surface area contributed by atoms with Crippen LogP contribution in [0.2, 0.25) is 0 Å². The number of aromatic nitrogens is 3. The summed E-state index contributed by atoms with van der Waals surface area (Å²) in [5.41, 5.74) is 11.8. The van der Waals surface area contributed by atoms with Crippen LogP contribution in [0.5, 0.6) is 0 Å². The molecule has 0 aliphatic rings. The van der Waals surface area contributed by atoms with Crippen LogP contribution < -0.4 is 0 Å². The number of furan rings is 1. The average Bonchev–Trinajstić information content (AvgIpc) is 3.80. The monoisotopic (exact) mass is 836 g/mol. The van der Waals surface area contributed by atoms with Gasteiger partial charge in [0.1, 0.15) is 0 Å². The summed E-state index contributed by atoms with van der Waals surface area (Å²) in [6.07, 6.45) is 6.92. The molecule has 0 amide bonds. The van der Waals surface area contributed by atoms with Crippen molar-refractivity contribution in [1.82, 2.24) is 14.5 Å². The smallest absolute Gasteiger partial charge is 0.0774 e. The van der Waals surface area contributed by atoms with Gasteiger partial charge in [0.05, 0.1) is 16.9 Å². The van der Waals surface area contributed by atoms with Gasteiger partial charge in [-0.1, -0.05) is 132 Å². The molecule has 0 saturated heterocycles. The maximum absolute atomic E-state index is 5.91. The number of benzene rings is 6. The Morgan fingerprint density at radius 1 is 0.608 bits per heavy atom. The molecule has 0 atom stereocenters. The maximum Gasteiger partial charge on any atom is 0.0774 e. The number of para-hydroxylation sites is 2. The Kier molecular flexibility index (Phi) is 10.4. The van der Waals surface area contributed by atoms with E-state index in [1.165, 1.54) is 22.3 Å². The van der Waals surface area contributed by atoms with E-state index in [1.54, 1.807) is 6.20 Å². The molecule has 0 bridgehead atoms. The van der Waals surface area contributed by atoms with Crippen molar-refractivity contribution in [2.24, 2.45) is 0 Å². The number of nitrogens with zero attached hydrogens (tertiary/aromatic N) is 3. The molecular formula is C46H33IrN3O-2. The van der Waals surface area contributed by atoms with Crippen LogP contribution in [0, 0.1) is 12.3 Å². The van der Waals surface area contributed by atoms with Gasteiger partial charge in [0.15, 0.2) is 0 Å². The molecule has 4 nitrogen and oxygen atoms in total. The van der Waals surface area contributed by atoms with Crippen LogP contribution in [0.4, 0.5) is 0 Å². The molecule has 0 aliphatic heterocycles. The summed E-state index contributed by atoms with van der Waals surface area (Å²) in [4.78, 5) is 9.27. The quantitative estimate of drug-likeness (QED) is 0.150. The first-order valence-electron chi connectivity index (χ1n) is 16.8. The second kappa shape index (κ2) is 15.8. The van der Waals surface area contributed by atoms with Gasteiger partial charge < -0.3 is 14.0 Å². The third kappa shape index (κ3) is 7.51. The van der Waals surface area contributed by atoms with Crippen molar-refractivity contribution in [1.29, 1.82) is 0 Å². The summed E-state index contributed by atoms with van der Waals surface area (Å²) >= 11 is 0. The molecule has 6 aromatic carbocycles. The molecule has 51 heavy (non-hydrogen) atoms. The molecule has 0 N–H and O–H groups in total. The van der Waals surface area contributed by atoms with Crippen molar-refractivity contribution >= 4 is 22.0 Å². The fraction of sp³-hybridized carbons (Fsp3) is 0.0435. The fourth-order valence-corrected chi connectivity index (χ4v) is 6.24. The second-order valence-electron chi connectivity index (χ2n) is 12.1. The van der Waals surface area contributed by atoms with Crippen molar-refractivity contribution < 1.29 is 24.5 Å².